The van der Waals surface area contributed by atoms with Crippen molar-refractivity contribution in [2.75, 3.05) is 14.2 Å². The number of carbonyl (C=O) groups excluding carboxylic acids is 2. The number of thiocarbonyl (C=S) groups is 1. The number of benzene rings is 2. The highest BCUT2D eigenvalue weighted by atomic mass is 35.5. The van der Waals surface area contributed by atoms with Crippen LogP contribution >= 0.6 is 35.4 Å². The first kappa shape index (κ1) is 21.5. The first-order chi connectivity index (χ1) is 13.7. The number of carbonyl (C=O) groups is 2. The Kier molecular flexibility index (Phi) is 6.14. The minimum absolute atomic E-state index is 0.205. The van der Waals surface area contributed by atoms with Crippen LogP contribution in [0.5, 0.6) is 0 Å². The van der Waals surface area contributed by atoms with Gasteiger partial charge in [0.25, 0.3) is 5.78 Å². The highest BCUT2D eigenvalue weighted by Gasteiger charge is 2.56. The lowest BCUT2D eigenvalue weighted by Gasteiger charge is -2.51. The second-order valence-corrected chi connectivity index (χ2v) is 7.86. The Bertz CT molecular complexity index is 952. The number of rotatable bonds is 4. The second kappa shape index (κ2) is 8.28. The third-order valence-electron chi connectivity index (χ3n) is 5.03. The zero-order chi connectivity index (χ0) is 21.3. The number of methoxy groups -OCH3 is 1. The maximum absolute atomic E-state index is 13.1. The summed E-state index contributed by atoms with van der Waals surface area (Å²) in [5.41, 5.74) is -0.948. The average Bonchev–Trinajstić information content (AvgIpc) is 2.71. The zero-order valence-electron chi connectivity index (χ0n) is 15.6. The molecule has 0 radical (unpaired) electrons. The van der Waals surface area contributed by atoms with Gasteiger partial charge in [0.05, 0.1) is 13.2 Å². The molecule has 1 fully saturated rings. The molecule has 0 spiro atoms. The number of halogens is 2. The molecule has 1 aliphatic heterocycles. The predicted molar refractivity (Wildman–Crippen MR) is 114 cm³/mol. The summed E-state index contributed by atoms with van der Waals surface area (Å²) >= 11 is 17.4. The predicted octanol–water partition coefficient (Wildman–Crippen LogP) is 3.06. The zero-order valence-corrected chi connectivity index (χ0v) is 17.9. The summed E-state index contributed by atoms with van der Waals surface area (Å²) in [6.45, 7) is 0. The highest BCUT2D eigenvalue weighted by molar-refractivity contribution is 7.80. The summed E-state index contributed by atoms with van der Waals surface area (Å²) in [5.74, 6) is -3.23. The molecule has 152 valence electrons. The number of hydrogen-bond donors (Lipinski definition) is 2. The van der Waals surface area contributed by atoms with Crippen LogP contribution in [0.2, 0.25) is 10.0 Å². The molecule has 0 saturated carbocycles. The fraction of sp³-hybridized carbons (Fsp3) is 0.250. The van der Waals surface area contributed by atoms with Gasteiger partial charge in [-0.05, 0) is 42.0 Å². The molecule has 0 amide bonds. The van der Waals surface area contributed by atoms with Gasteiger partial charge in [0, 0.05) is 22.7 Å². The summed E-state index contributed by atoms with van der Waals surface area (Å²) < 4.78 is 4.66. The van der Waals surface area contributed by atoms with Crippen LogP contribution in [0.4, 0.5) is 0 Å². The van der Waals surface area contributed by atoms with Gasteiger partial charge in [-0.25, -0.2) is 4.79 Å². The van der Waals surface area contributed by atoms with Crippen molar-refractivity contribution in [2.45, 2.75) is 11.8 Å². The molecule has 1 heterocycles. The summed E-state index contributed by atoms with van der Waals surface area (Å²) in [5, 5.41) is 16.1. The molecule has 1 saturated heterocycles. The fourth-order valence-corrected chi connectivity index (χ4v) is 4.00. The number of aliphatic hydroxyl groups is 1. The van der Waals surface area contributed by atoms with Gasteiger partial charge >= 0.3 is 5.97 Å². The molecule has 0 aliphatic carbocycles. The van der Waals surface area contributed by atoms with Crippen LogP contribution in [0.3, 0.4) is 0 Å². The van der Waals surface area contributed by atoms with Gasteiger partial charge in [0.2, 0.25) is 0 Å². The lowest BCUT2D eigenvalue weighted by Crippen LogP contribution is -2.66. The molecule has 1 aliphatic rings. The number of nitrogens with zero attached hydrogens (tertiary/aromatic N) is 1. The van der Waals surface area contributed by atoms with Gasteiger partial charge in [-0.3, -0.25) is 4.79 Å². The molecule has 2 aromatic carbocycles. The largest absolute Gasteiger partial charge is 0.463 e. The third-order valence-corrected chi connectivity index (χ3v) is 5.92. The Balaban J connectivity index is 2.22. The SMILES string of the molecule is COC(=O)C(=O)C1C(c2ccc(Cl)cc2)NC(=S)N(C)C1(O)c1ccc(Cl)cc1. The lowest BCUT2D eigenvalue weighted by molar-refractivity contribution is -0.173. The van der Waals surface area contributed by atoms with E-state index in [1.54, 1.807) is 55.6 Å². The standard InChI is InChI=1S/C20H18Cl2N2O4S/c1-24-19(29)23-16(11-3-7-13(21)8-4-11)15(17(25)18(26)28-2)20(24,27)12-5-9-14(22)10-6-12/h3-10,15-16,27H,1-2H3,(H,23,29). The van der Waals surface area contributed by atoms with Gasteiger partial charge < -0.3 is 20.1 Å². The number of nitrogens with one attached hydrogen (secondary N) is 1. The molecular formula is C20H18Cl2N2O4S. The van der Waals surface area contributed by atoms with Gasteiger partial charge in [-0.15, -0.1) is 0 Å². The molecule has 2 aromatic rings. The summed E-state index contributed by atoms with van der Waals surface area (Å²) in [4.78, 5) is 26.6. The molecule has 29 heavy (non-hydrogen) atoms. The topological polar surface area (TPSA) is 78.9 Å². The van der Waals surface area contributed by atoms with E-state index in [1.165, 1.54) is 4.90 Å². The molecular weight excluding hydrogens is 435 g/mol. The van der Waals surface area contributed by atoms with E-state index in [1.807, 2.05) is 0 Å². The van der Waals surface area contributed by atoms with Gasteiger partial charge in [0.1, 0.15) is 5.92 Å². The van der Waals surface area contributed by atoms with E-state index in [0.29, 0.717) is 21.2 Å². The van der Waals surface area contributed by atoms with Gasteiger partial charge in [-0.2, -0.15) is 0 Å². The summed E-state index contributed by atoms with van der Waals surface area (Å²) in [7, 11) is 2.66. The Morgan fingerprint density at radius 1 is 1.10 bits per heavy atom. The smallest absolute Gasteiger partial charge is 0.374 e. The Labute approximate surface area is 183 Å². The molecule has 6 nitrogen and oxygen atoms in total. The summed E-state index contributed by atoms with van der Waals surface area (Å²) in [6.07, 6.45) is 0. The number of hydrogen-bond acceptors (Lipinski definition) is 5. The van der Waals surface area contributed by atoms with Gasteiger partial charge in [0.15, 0.2) is 10.8 Å². The van der Waals surface area contributed by atoms with Gasteiger partial charge in [-0.1, -0.05) is 47.5 Å². The molecule has 0 bridgehead atoms. The minimum Gasteiger partial charge on any atom is -0.463 e. The molecule has 3 rings (SSSR count). The molecule has 3 atom stereocenters. The van der Waals surface area contributed by atoms with Crippen LogP contribution in [0.15, 0.2) is 48.5 Å². The van der Waals surface area contributed by atoms with Crippen molar-refractivity contribution in [2.24, 2.45) is 5.92 Å². The fourth-order valence-electron chi connectivity index (χ4n) is 3.49. The van der Waals surface area contributed by atoms with Crippen molar-refractivity contribution >= 4 is 52.3 Å². The Hall–Kier alpha value is -2.19. The number of ketones is 1. The average molecular weight is 453 g/mol. The number of esters is 1. The first-order valence-electron chi connectivity index (χ1n) is 8.60. The maximum Gasteiger partial charge on any atom is 0.374 e. The van der Waals surface area contributed by atoms with Crippen LogP contribution in [-0.4, -0.2) is 41.0 Å². The first-order valence-corrected chi connectivity index (χ1v) is 9.77. The summed E-state index contributed by atoms with van der Waals surface area (Å²) in [6, 6.07) is 12.3. The van der Waals surface area contributed by atoms with E-state index < -0.39 is 29.4 Å². The lowest BCUT2D eigenvalue weighted by atomic mass is 9.75. The van der Waals surface area contributed by atoms with Crippen molar-refractivity contribution in [1.82, 2.24) is 10.2 Å². The van der Waals surface area contributed by atoms with Crippen molar-refractivity contribution in [3.05, 3.63) is 69.7 Å². The second-order valence-electron chi connectivity index (χ2n) is 6.60. The molecule has 3 unspecified atom stereocenters. The molecule has 9 heteroatoms. The van der Waals surface area contributed by atoms with E-state index in [0.717, 1.165) is 7.11 Å². The van der Waals surface area contributed by atoms with Crippen LogP contribution < -0.4 is 5.32 Å². The Morgan fingerprint density at radius 2 is 1.62 bits per heavy atom. The van der Waals surface area contributed by atoms with E-state index in [2.05, 4.69) is 10.1 Å². The third kappa shape index (κ3) is 3.83. The molecule has 0 aromatic heterocycles. The van der Waals surface area contributed by atoms with Crippen LogP contribution in [-0.2, 0) is 20.1 Å². The van der Waals surface area contributed by atoms with Crippen molar-refractivity contribution < 1.29 is 19.4 Å². The van der Waals surface area contributed by atoms with E-state index in [-0.39, 0.29) is 5.11 Å². The normalized spacial score (nSPS) is 24.0. The number of Topliss-reactive ketones (excluding diaryl/α,β-unsaturated/α-hetero) is 1. The molecule has 2 N–H and O–H groups in total. The van der Waals surface area contributed by atoms with Crippen LogP contribution in [0.1, 0.15) is 17.2 Å². The van der Waals surface area contributed by atoms with E-state index in [4.69, 9.17) is 35.4 Å². The van der Waals surface area contributed by atoms with E-state index in [9.17, 15) is 14.7 Å². The van der Waals surface area contributed by atoms with Crippen LogP contribution in [0, 0.1) is 5.92 Å². The van der Waals surface area contributed by atoms with Crippen molar-refractivity contribution in [3.63, 3.8) is 0 Å². The monoisotopic (exact) mass is 452 g/mol. The Morgan fingerprint density at radius 3 is 2.14 bits per heavy atom. The maximum atomic E-state index is 13.1. The van der Waals surface area contributed by atoms with Crippen molar-refractivity contribution in [3.8, 4) is 0 Å². The van der Waals surface area contributed by atoms with E-state index >= 15 is 0 Å². The quantitative estimate of drug-likeness (QED) is 0.419. The van der Waals surface area contributed by atoms with Crippen molar-refractivity contribution in [1.29, 1.82) is 0 Å². The number of ether oxygens (including phenoxy) is 1. The van der Waals surface area contributed by atoms with Crippen LogP contribution in [0.25, 0.3) is 0 Å². The minimum atomic E-state index is -1.93. The highest BCUT2D eigenvalue weighted by Crippen LogP contribution is 2.44.